The number of nitrogens with zero attached hydrogens (tertiary/aromatic N) is 2. The molecule has 4 rings (SSSR count). The lowest BCUT2D eigenvalue weighted by Gasteiger charge is -2.12. The molecule has 2 heterocycles. The molecule has 0 saturated heterocycles. The van der Waals surface area contributed by atoms with Gasteiger partial charge in [0.15, 0.2) is 6.20 Å². The number of rotatable bonds is 2. The van der Waals surface area contributed by atoms with Crippen molar-refractivity contribution < 1.29 is 13.5 Å². The third-order valence-corrected chi connectivity index (χ3v) is 4.43. The van der Waals surface area contributed by atoms with Gasteiger partial charge < -0.3 is 5.21 Å². The number of aromatic nitrogens is 2. The van der Waals surface area contributed by atoms with Gasteiger partial charge in [-0.05, 0) is 42.3 Å². The molecule has 0 unspecified atom stereocenters. The Hall–Kier alpha value is -3.34. The highest BCUT2D eigenvalue weighted by molar-refractivity contribution is 5.99. The summed E-state index contributed by atoms with van der Waals surface area (Å²) in [6, 6.07) is 14.2. The van der Waals surface area contributed by atoms with Gasteiger partial charge in [-0.25, -0.2) is 13.8 Å². The zero-order valence-corrected chi connectivity index (χ0v) is 13.9. The second-order valence-corrected chi connectivity index (χ2v) is 6.05. The van der Waals surface area contributed by atoms with Crippen molar-refractivity contribution in [1.82, 2.24) is 4.98 Å². The van der Waals surface area contributed by atoms with Gasteiger partial charge in [0.25, 0.3) is 5.69 Å². The summed E-state index contributed by atoms with van der Waals surface area (Å²) < 4.78 is 28.3. The third kappa shape index (κ3) is 2.58. The van der Waals surface area contributed by atoms with Crippen molar-refractivity contribution in [3.63, 3.8) is 0 Å². The maximum absolute atomic E-state index is 14.3. The average Bonchev–Trinajstić information content (AvgIpc) is 2.62. The first-order chi connectivity index (χ1) is 12.6. The smallest absolute Gasteiger partial charge is 0.250 e. The number of aryl methyl sites for hydroxylation is 1. The summed E-state index contributed by atoms with van der Waals surface area (Å²) >= 11 is 0. The Kier molecular flexibility index (Phi) is 3.84. The normalized spacial score (nSPS) is 11.0. The standard InChI is InChI=1S/C21H14F2N2O/c1-13-4-2-3-5-15(13)21-20-18(9-11-25(21)26)16(8-10-24-20)17-7-6-14(22)12-19(17)23/h2-12H,1H3. The molecule has 0 aliphatic heterocycles. The predicted octanol–water partition coefficient (Wildman–Crippen LogP) is 4.79. The van der Waals surface area contributed by atoms with Crippen LogP contribution in [0, 0.1) is 23.8 Å². The van der Waals surface area contributed by atoms with Crippen molar-refractivity contribution in [3.8, 4) is 22.4 Å². The van der Waals surface area contributed by atoms with Crippen LogP contribution >= 0.6 is 0 Å². The zero-order valence-electron chi connectivity index (χ0n) is 13.9. The van der Waals surface area contributed by atoms with E-state index >= 15 is 0 Å². The molecule has 26 heavy (non-hydrogen) atoms. The molecule has 0 amide bonds. The molecular weight excluding hydrogens is 334 g/mol. The van der Waals surface area contributed by atoms with Crippen LogP contribution in [-0.2, 0) is 0 Å². The van der Waals surface area contributed by atoms with Crippen LogP contribution in [0.3, 0.4) is 0 Å². The number of hydrogen-bond donors (Lipinski definition) is 0. The Balaban J connectivity index is 2.05. The quantitative estimate of drug-likeness (QED) is 0.386. The van der Waals surface area contributed by atoms with E-state index in [9.17, 15) is 14.0 Å². The minimum Gasteiger partial charge on any atom is -0.618 e. The topological polar surface area (TPSA) is 39.8 Å². The SMILES string of the molecule is Cc1ccccc1-c1c2nccc(-c3ccc(F)cc3F)c2cc[n+]1[O-]. The Morgan fingerprint density at radius 3 is 2.50 bits per heavy atom. The second kappa shape index (κ2) is 6.19. The summed E-state index contributed by atoms with van der Waals surface area (Å²) in [5.74, 6) is -1.29. The fraction of sp³-hybridized carbons (Fsp3) is 0.0476. The van der Waals surface area contributed by atoms with Gasteiger partial charge in [-0.1, -0.05) is 18.2 Å². The Bertz CT molecular complexity index is 1140. The fourth-order valence-electron chi connectivity index (χ4n) is 3.18. The highest BCUT2D eigenvalue weighted by atomic mass is 19.1. The van der Waals surface area contributed by atoms with Crippen LogP contribution in [-0.4, -0.2) is 4.98 Å². The molecular formula is C21H14F2N2O. The lowest BCUT2D eigenvalue weighted by atomic mass is 9.98. The van der Waals surface area contributed by atoms with Crippen LogP contribution in [0.15, 0.2) is 67.0 Å². The van der Waals surface area contributed by atoms with Crippen LogP contribution in [0.2, 0.25) is 0 Å². The van der Waals surface area contributed by atoms with E-state index < -0.39 is 11.6 Å². The minimum atomic E-state index is -0.659. The molecule has 0 radical (unpaired) electrons. The summed E-state index contributed by atoms with van der Waals surface area (Å²) in [4.78, 5) is 4.38. The van der Waals surface area contributed by atoms with E-state index in [1.54, 1.807) is 12.1 Å². The molecule has 0 saturated carbocycles. The number of hydrogen-bond acceptors (Lipinski definition) is 2. The van der Waals surface area contributed by atoms with Gasteiger partial charge in [-0.3, -0.25) is 0 Å². The number of halogens is 2. The first-order valence-electron chi connectivity index (χ1n) is 8.08. The molecule has 0 aliphatic carbocycles. The first kappa shape index (κ1) is 16.1. The first-order valence-corrected chi connectivity index (χ1v) is 8.08. The van der Waals surface area contributed by atoms with Gasteiger partial charge in [0.05, 0.1) is 5.56 Å². The van der Waals surface area contributed by atoms with Gasteiger partial charge in [0, 0.05) is 29.3 Å². The molecule has 0 aliphatic rings. The van der Waals surface area contributed by atoms with Crippen LogP contribution < -0.4 is 4.73 Å². The highest BCUT2D eigenvalue weighted by Crippen LogP contribution is 2.33. The van der Waals surface area contributed by atoms with E-state index in [1.807, 2.05) is 31.2 Å². The van der Waals surface area contributed by atoms with Gasteiger partial charge in [0.1, 0.15) is 17.2 Å². The van der Waals surface area contributed by atoms with E-state index in [0.717, 1.165) is 21.9 Å². The fourth-order valence-corrected chi connectivity index (χ4v) is 3.18. The maximum Gasteiger partial charge on any atom is 0.250 e. The summed E-state index contributed by atoms with van der Waals surface area (Å²) in [5.41, 5.74) is 3.39. The Morgan fingerprint density at radius 1 is 0.923 bits per heavy atom. The lowest BCUT2D eigenvalue weighted by molar-refractivity contribution is -0.592. The zero-order chi connectivity index (χ0) is 18.3. The van der Waals surface area contributed by atoms with Gasteiger partial charge in [-0.15, -0.1) is 0 Å². The summed E-state index contributed by atoms with van der Waals surface area (Å²) in [5, 5.41) is 13.1. The molecule has 3 nitrogen and oxygen atoms in total. The van der Waals surface area contributed by atoms with Crippen molar-refractivity contribution in [2.24, 2.45) is 0 Å². The van der Waals surface area contributed by atoms with E-state index in [4.69, 9.17) is 0 Å². The lowest BCUT2D eigenvalue weighted by Crippen LogP contribution is -2.29. The third-order valence-electron chi connectivity index (χ3n) is 4.43. The van der Waals surface area contributed by atoms with Crippen molar-refractivity contribution in [2.45, 2.75) is 6.92 Å². The molecule has 2 aromatic carbocycles. The van der Waals surface area contributed by atoms with Crippen molar-refractivity contribution >= 4 is 10.9 Å². The van der Waals surface area contributed by atoms with Gasteiger partial charge in [-0.2, -0.15) is 4.73 Å². The molecule has 0 atom stereocenters. The summed E-state index contributed by atoms with van der Waals surface area (Å²) in [6.45, 7) is 1.91. The number of benzene rings is 2. The van der Waals surface area contributed by atoms with Crippen molar-refractivity contribution in [3.05, 3.63) is 89.4 Å². The molecule has 0 fully saturated rings. The largest absolute Gasteiger partial charge is 0.618 e. The Labute approximate surface area is 148 Å². The van der Waals surface area contributed by atoms with E-state index in [0.29, 0.717) is 22.2 Å². The average molecular weight is 348 g/mol. The molecule has 0 N–H and O–H groups in total. The summed E-state index contributed by atoms with van der Waals surface area (Å²) in [6.07, 6.45) is 2.92. The van der Waals surface area contributed by atoms with Crippen molar-refractivity contribution in [1.29, 1.82) is 0 Å². The van der Waals surface area contributed by atoms with Crippen LogP contribution in [0.5, 0.6) is 0 Å². The van der Waals surface area contributed by atoms with Gasteiger partial charge in [0.2, 0.25) is 0 Å². The maximum atomic E-state index is 14.3. The minimum absolute atomic E-state index is 0.262. The van der Waals surface area contributed by atoms with E-state index in [1.165, 1.54) is 24.5 Å². The van der Waals surface area contributed by atoms with Crippen LogP contribution in [0.25, 0.3) is 33.3 Å². The number of fused-ring (bicyclic) bond motifs is 1. The number of pyridine rings is 2. The monoisotopic (exact) mass is 348 g/mol. The summed E-state index contributed by atoms with van der Waals surface area (Å²) in [7, 11) is 0. The van der Waals surface area contributed by atoms with Crippen LogP contribution in [0.4, 0.5) is 8.78 Å². The molecule has 5 heteroatoms. The molecule has 2 aromatic heterocycles. The second-order valence-electron chi connectivity index (χ2n) is 6.05. The molecule has 0 bridgehead atoms. The van der Waals surface area contributed by atoms with E-state index in [-0.39, 0.29) is 5.56 Å². The Morgan fingerprint density at radius 2 is 1.73 bits per heavy atom. The van der Waals surface area contributed by atoms with Crippen molar-refractivity contribution in [2.75, 3.05) is 0 Å². The predicted molar refractivity (Wildman–Crippen MR) is 96.2 cm³/mol. The van der Waals surface area contributed by atoms with Crippen LogP contribution in [0.1, 0.15) is 5.56 Å². The molecule has 4 aromatic rings. The van der Waals surface area contributed by atoms with E-state index in [2.05, 4.69) is 4.98 Å². The highest BCUT2D eigenvalue weighted by Gasteiger charge is 2.20. The molecule has 0 spiro atoms. The molecule has 128 valence electrons. The van der Waals surface area contributed by atoms with Gasteiger partial charge >= 0.3 is 0 Å².